The Bertz CT molecular complexity index is 503. The van der Waals surface area contributed by atoms with Crippen molar-refractivity contribution in [3.63, 3.8) is 0 Å². The van der Waals surface area contributed by atoms with Crippen LogP contribution in [-0.2, 0) is 28.0 Å². The Balaban J connectivity index is 0.000000810. The molecule has 1 atom stereocenters. The van der Waals surface area contributed by atoms with Gasteiger partial charge in [0.05, 0.1) is 0 Å². The van der Waals surface area contributed by atoms with Crippen LogP contribution in [0.4, 0.5) is 0 Å². The Hall–Kier alpha value is 0.443. The molecule has 1 aliphatic heterocycles. The van der Waals surface area contributed by atoms with Crippen LogP contribution in [0.2, 0.25) is 0 Å². The Labute approximate surface area is 140 Å². The zero-order valence-corrected chi connectivity index (χ0v) is 15.3. The molecule has 0 radical (unpaired) electrons. The summed E-state index contributed by atoms with van der Waals surface area (Å²) in [5.74, 6) is 0. The van der Waals surface area contributed by atoms with Gasteiger partial charge in [0.25, 0.3) is 0 Å². The minimum absolute atomic E-state index is 0. The van der Waals surface area contributed by atoms with Crippen LogP contribution in [0.5, 0.6) is 0 Å². The maximum atomic E-state index is 6.02. The van der Waals surface area contributed by atoms with E-state index in [0.717, 1.165) is 6.42 Å². The quantitative estimate of drug-likeness (QED) is 0.487. The molecule has 5 heteroatoms. The van der Waals surface area contributed by atoms with Crippen LogP contribution in [-0.4, -0.2) is 6.10 Å². The molecule has 0 saturated heterocycles. The summed E-state index contributed by atoms with van der Waals surface area (Å²) in [5.41, 5.74) is 2.63. The van der Waals surface area contributed by atoms with E-state index in [2.05, 4.69) is 53.2 Å². The van der Waals surface area contributed by atoms with Gasteiger partial charge < -0.3 is 24.8 Å². The Morgan fingerprint density at radius 2 is 2.17 bits per heavy atom. The zero-order chi connectivity index (χ0) is 11.1. The number of fused-ring (bicyclic) bond motifs is 1. The van der Waals surface area contributed by atoms with Crippen molar-refractivity contribution >= 4 is 15.9 Å². The molecule has 0 spiro atoms. The molecule has 0 fully saturated rings. The van der Waals surface area contributed by atoms with Gasteiger partial charge in [-0.3, -0.25) is 0 Å². The van der Waals surface area contributed by atoms with Crippen molar-refractivity contribution in [3.8, 4) is 0 Å². The van der Waals surface area contributed by atoms with E-state index in [-0.39, 0.29) is 30.9 Å². The third-order valence-corrected chi connectivity index (χ3v) is 7.73. The Morgan fingerprint density at radius 1 is 1.39 bits per heavy atom. The monoisotopic (exact) mass is 422 g/mol. The first kappa shape index (κ1) is 16.5. The minimum atomic E-state index is -0.697. The molecule has 94 valence electrons. The molecule has 3 aliphatic rings. The fourth-order valence-corrected chi connectivity index (χ4v) is 5.87. The molecule has 18 heavy (non-hydrogen) atoms. The summed E-state index contributed by atoms with van der Waals surface area (Å²) in [6.45, 7) is 2.12. The Kier molecular flexibility index (Phi) is 6.18. The summed E-state index contributed by atoms with van der Waals surface area (Å²) in [7, 11) is 0. The largest absolute Gasteiger partial charge is 1.00 e. The first-order valence-corrected chi connectivity index (χ1v) is 8.59. The second kappa shape index (κ2) is 6.74. The standard InChI is InChI=1S/C8H6BrO.C5H5.2ClH.Zr/c1-5-2-6-7(9)4-10-8(6)3-5;1-2-4-5-3-1;;;/h2-3,8H,1H3;1-3H,4H2;2*1H;/q;;;;+2/p-2. The number of hydrogen-bond donors (Lipinski definition) is 0. The van der Waals surface area contributed by atoms with Gasteiger partial charge in [-0.1, -0.05) is 0 Å². The normalized spacial score (nSPS) is 23.2. The van der Waals surface area contributed by atoms with E-state index in [9.17, 15) is 0 Å². The van der Waals surface area contributed by atoms with Crippen LogP contribution in [0.3, 0.4) is 0 Å². The van der Waals surface area contributed by atoms with Crippen molar-refractivity contribution in [1.29, 1.82) is 0 Å². The molecular formula is C13H11BrCl2OZr. The van der Waals surface area contributed by atoms with Gasteiger partial charge >= 0.3 is 116 Å². The third-order valence-electron chi connectivity index (χ3n) is 2.85. The average molecular weight is 425 g/mol. The number of hydrogen-bond acceptors (Lipinski definition) is 1. The maximum absolute atomic E-state index is 6.02. The average Bonchev–Trinajstić information content (AvgIpc) is 2.90. The van der Waals surface area contributed by atoms with E-state index in [1.165, 1.54) is 19.1 Å². The number of rotatable bonds is 2. The van der Waals surface area contributed by atoms with Gasteiger partial charge in [-0.15, -0.1) is 0 Å². The number of halogens is 3. The van der Waals surface area contributed by atoms with Crippen molar-refractivity contribution in [2.24, 2.45) is 0 Å². The van der Waals surface area contributed by atoms with Gasteiger partial charge in [-0.25, -0.2) is 0 Å². The van der Waals surface area contributed by atoms with Crippen molar-refractivity contribution in [1.82, 2.24) is 0 Å². The van der Waals surface area contributed by atoms with E-state index in [4.69, 9.17) is 4.74 Å². The van der Waals surface area contributed by atoms with Gasteiger partial charge in [-0.2, -0.15) is 0 Å². The van der Waals surface area contributed by atoms with Crippen molar-refractivity contribution in [2.45, 2.75) is 19.4 Å². The molecule has 0 amide bonds. The molecule has 1 heterocycles. The molecule has 0 aromatic heterocycles. The van der Waals surface area contributed by atoms with Crippen molar-refractivity contribution < 1.29 is 52.8 Å². The summed E-state index contributed by atoms with van der Waals surface area (Å²) < 4.78 is 10.1. The second-order valence-corrected chi connectivity index (χ2v) is 8.24. The van der Waals surface area contributed by atoms with Crippen LogP contribution < -0.4 is 24.8 Å². The fourth-order valence-electron chi connectivity index (χ4n) is 2.07. The molecule has 0 N–H and O–H groups in total. The summed E-state index contributed by atoms with van der Waals surface area (Å²) in [5, 5.41) is 0. The topological polar surface area (TPSA) is 9.23 Å². The second-order valence-electron chi connectivity index (χ2n) is 4.14. The molecule has 0 bridgehead atoms. The number of ether oxygens (including phenoxy) is 1. The summed E-state index contributed by atoms with van der Waals surface area (Å²) >= 11 is 3.00. The molecule has 2 aliphatic carbocycles. The van der Waals surface area contributed by atoms with E-state index in [1.54, 1.807) is 3.28 Å². The molecule has 1 nitrogen and oxygen atoms in total. The SMILES string of the molecule is CC1=CC2O[C]([Zr+2][C]3=CC=CC3)=C(Br)C2=C1.[Cl-].[Cl-]. The van der Waals surface area contributed by atoms with Crippen LogP contribution in [0, 0.1) is 0 Å². The maximum Gasteiger partial charge on any atom is -1.00 e. The van der Waals surface area contributed by atoms with E-state index in [0.29, 0.717) is 0 Å². The van der Waals surface area contributed by atoms with Crippen molar-refractivity contribution in [2.75, 3.05) is 0 Å². The third kappa shape index (κ3) is 3.12. The molecule has 0 aromatic carbocycles. The van der Waals surface area contributed by atoms with E-state index >= 15 is 0 Å². The summed E-state index contributed by atoms with van der Waals surface area (Å²) in [4.78, 5) is 0. The van der Waals surface area contributed by atoms with Crippen molar-refractivity contribution in [3.05, 3.63) is 52.8 Å². The van der Waals surface area contributed by atoms with E-state index in [1.807, 2.05) is 0 Å². The fraction of sp³-hybridized carbons (Fsp3) is 0.231. The van der Waals surface area contributed by atoms with Gasteiger partial charge in [-0.05, 0) is 0 Å². The van der Waals surface area contributed by atoms with E-state index < -0.39 is 23.2 Å². The van der Waals surface area contributed by atoms with Crippen LogP contribution >= 0.6 is 15.9 Å². The predicted molar refractivity (Wildman–Crippen MR) is 64.5 cm³/mol. The van der Waals surface area contributed by atoms with Crippen LogP contribution in [0.25, 0.3) is 0 Å². The smallest absolute Gasteiger partial charge is 1.00 e. The molecule has 3 rings (SSSR count). The van der Waals surface area contributed by atoms with Crippen LogP contribution in [0.1, 0.15) is 13.3 Å². The first-order chi connectivity index (χ1) is 7.74. The molecule has 1 unspecified atom stereocenters. The molecule has 0 aromatic rings. The summed E-state index contributed by atoms with van der Waals surface area (Å²) in [6, 6.07) is 0. The van der Waals surface area contributed by atoms with Crippen LogP contribution in [0.15, 0.2) is 52.8 Å². The summed E-state index contributed by atoms with van der Waals surface area (Å²) in [6.07, 6.45) is 12.4. The zero-order valence-electron chi connectivity index (χ0n) is 9.71. The van der Waals surface area contributed by atoms with Gasteiger partial charge in [0, 0.05) is 0 Å². The number of allylic oxidation sites excluding steroid dienone is 6. The Morgan fingerprint density at radius 3 is 2.78 bits per heavy atom. The van der Waals surface area contributed by atoms with Gasteiger partial charge in [0.1, 0.15) is 0 Å². The van der Waals surface area contributed by atoms with Gasteiger partial charge in [0.2, 0.25) is 0 Å². The predicted octanol–water partition coefficient (Wildman–Crippen LogP) is -2.23. The minimum Gasteiger partial charge on any atom is -1.00 e. The molecular weight excluding hydrogens is 414 g/mol. The van der Waals surface area contributed by atoms with Gasteiger partial charge in [0.15, 0.2) is 0 Å². The molecule has 0 saturated carbocycles. The first-order valence-electron chi connectivity index (χ1n) is 5.33.